The molecule has 8 aromatic rings. The van der Waals surface area contributed by atoms with E-state index in [0.29, 0.717) is 0 Å². The lowest BCUT2D eigenvalue weighted by Crippen LogP contribution is -2.38. The second-order valence-corrected chi connectivity index (χ2v) is 19.6. The highest BCUT2D eigenvalue weighted by Crippen LogP contribution is 2.35. The molecule has 0 aliphatic carbocycles. The molecule has 0 amide bonds. The topological polar surface area (TPSA) is 25.8 Å². The van der Waals surface area contributed by atoms with E-state index < -0.39 is 8.07 Å². The van der Waals surface area contributed by atoms with Crippen molar-refractivity contribution in [2.45, 2.75) is 19.6 Å². The number of aromatic nitrogens is 2. The van der Waals surface area contributed by atoms with Crippen LogP contribution >= 0.6 is 11.3 Å². The van der Waals surface area contributed by atoms with Crippen molar-refractivity contribution in [1.82, 2.24) is 9.97 Å². The Kier molecular flexibility index (Phi) is 8.12. The molecule has 0 saturated heterocycles. The minimum atomic E-state index is -1.50. The summed E-state index contributed by atoms with van der Waals surface area (Å²) in [5.74, 6) is 0.722. The summed E-state index contributed by atoms with van der Waals surface area (Å²) in [4.78, 5) is 11.4. The van der Waals surface area contributed by atoms with Gasteiger partial charge in [-0.05, 0) is 57.5 Å². The van der Waals surface area contributed by atoms with Crippen LogP contribution in [0.1, 0.15) is 0 Å². The molecule has 0 N–H and O–H groups in total. The average Bonchev–Trinajstić information content (AvgIpc) is 3.60. The fourth-order valence-electron chi connectivity index (χ4n) is 6.48. The quantitative estimate of drug-likeness (QED) is 0.158. The highest BCUT2D eigenvalue weighted by molar-refractivity contribution is 7.22. The minimum Gasteiger partial charge on any atom is -0.228 e. The van der Waals surface area contributed by atoms with Gasteiger partial charge in [-0.3, -0.25) is 0 Å². The third-order valence-corrected chi connectivity index (χ3v) is 12.3. The normalized spacial score (nSPS) is 11.6. The fourth-order valence-corrected chi connectivity index (χ4v) is 9.18. The Morgan fingerprint density at radius 1 is 0.429 bits per heavy atom. The van der Waals surface area contributed by atoms with Gasteiger partial charge in [0.15, 0.2) is 5.82 Å². The van der Waals surface area contributed by atoms with Crippen LogP contribution in [0.5, 0.6) is 0 Å². The van der Waals surface area contributed by atoms with Crippen molar-refractivity contribution in [3.63, 3.8) is 0 Å². The molecule has 8 rings (SSSR count). The molecular weight excluding hydrogens is 629 g/mol. The van der Waals surface area contributed by atoms with Crippen LogP contribution in [0, 0.1) is 0 Å². The van der Waals surface area contributed by atoms with Crippen LogP contribution in [0.3, 0.4) is 0 Å². The molecule has 0 spiro atoms. The van der Waals surface area contributed by atoms with Crippen molar-refractivity contribution >= 4 is 34.7 Å². The molecule has 0 saturated carbocycles. The van der Waals surface area contributed by atoms with E-state index in [2.05, 4.69) is 165 Å². The first-order valence-electron chi connectivity index (χ1n) is 16.7. The van der Waals surface area contributed by atoms with E-state index >= 15 is 0 Å². The SMILES string of the molecule is C[Si](C)(C)c1ccccc1-c1cccc(-c2ccc(-c3cc(-c4ccc(-c5cc6ccccc6s5)cc4)nc(-c4ccccc4)n3)cc2)c1. The van der Waals surface area contributed by atoms with Crippen molar-refractivity contribution in [3.8, 4) is 66.6 Å². The van der Waals surface area contributed by atoms with Crippen molar-refractivity contribution < 1.29 is 0 Å². The molecule has 0 atom stereocenters. The van der Waals surface area contributed by atoms with Crippen LogP contribution in [-0.2, 0) is 0 Å². The first-order valence-corrected chi connectivity index (χ1v) is 21.1. The van der Waals surface area contributed by atoms with E-state index in [1.807, 2.05) is 29.5 Å². The molecule has 2 nitrogen and oxygen atoms in total. The van der Waals surface area contributed by atoms with Gasteiger partial charge in [0.1, 0.15) is 0 Å². The van der Waals surface area contributed by atoms with Gasteiger partial charge < -0.3 is 0 Å². The number of rotatable bonds is 7. The van der Waals surface area contributed by atoms with Gasteiger partial charge >= 0.3 is 0 Å². The van der Waals surface area contributed by atoms with Gasteiger partial charge in [-0.25, -0.2) is 9.97 Å². The van der Waals surface area contributed by atoms with E-state index in [-0.39, 0.29) is 0 Å². The summed E-state index contributed by atoms with van der Waals surface area (Å²) in [6, 6.07) is 58.6. The van der Waals surface area contributed by atoms with Crippen LogP contribution in [0.25, 0.3) is 76.7 Å². The Morgan fingerprint density at radius 3 is 1.69 bits per heavy atom. The van der Waals surface area contributed by atoms with Gasteiger partial charge in [-0.15, -0.1) is 11.3 Å². The predicted molar refractivity (Wildman–Crippen MR) is 213 cm³/mol. The van der Waals surface area contributed by atoms with E-state index in [4.69, 9.17) is 9.97 Å². The maximum absolute atomic E-state index is 5.07. The number of hydrogen-bond donors (Lipinski definition) is 0. The number of fused-ring (bicyclic) bond motifs is 1. The molecule has 2 aromatic heterocycles. The summed E-state index contributed by atoms with van der Waals surface area (Å²) in [6.45, 7) is 7.24. The van der Waals surface area contributed by atoms with Gasteiger partial charge in [0, 0.05) is 26.3 Å². The third kappa shape index (κ3) is 6.41. The number of nitrogens with zero attached hydrogens (tertiary/aromatic N) is 2. The molecule has 0 aliphatic rings. The summed E-state index contributed by atoms with van der Waals surface area (Å²) >= 11 is 1.83. The van der Waals surface area contributed by atoms with E-state index in [0.717, 1.165) is 33.9 Å². The second kappa shape index (κ2) is 12.9. The molecule has 0 unspecified atom stereocenters. The zero-order valence-electron chi connectivity index (χ0n) is 27.9. The molecule has 0 radical (unpaired) electrons. The highest BCUT2D eigenvalue weighted by Gasteiger charge is 2.20. The van der Waals surface area contributed by atoms with Crippen molar-refractivity contribution in [3.05, 3.63) is 164 Å². The van der Waals surface area contributed by atoms with E-state index in [1.54, 1.807) is 0 Å². The van der Waals surface area contributed by atoms with E-state index in [1.165, 1.54) is 48.0 Å². The van der Waals surface area contributed by atoms with Gasteiger partial charge in [0.25, 0.3) is 0 Å². The lowest BCUT2D eigenvalue weighted by atomic mass is 9.97. The van der Waals surface area contributed by atoms with E-state index in [9.17, 15) is 0 Å². The maximum atomic E-state index is 5.07. The Bertz CT molecular complexity index is 2370. The highest BCUT2D eigenvalue weighted by atomic mass is 32.1. The zero-order chi connectivity index (χ0) is 33.4. The average molecular weight is 665 g/mol. The second-order valence-electron chi connectivity index (χ2n) is 13.5. The zero-order valence-corrected chi connectivity index (χ0v) is 29.7. The smallest absolute Gasteiger partial charge is 0.160 e. The summed E-state index contributed by atoms with van der Waals surface area (Å²) in [7, 11) is -1.50. The Labute approximate surface area is 293 Å². The van der Waals surface area contributed by atoms with Gasteiger partial charge in [0.05, 0.1) is 19.5 Å². The Balaban J connectivity index is 1.14. The molecule has 236 valence electrons. The van der Waals surface area contributed by atoms with Crippen LogP contribution in [0.15, 0.2) is 164 Å². The third-order valence-electron chi connectivity index (χ3n) is 9.07. The lowest BCUT2D eigenvalue weighted by molar-refractivity contribution is 1.18. The fraction of sp³-hybridized carbons (Fsp3) is 0.0667. The first kappa shape index (κ1) is 30.9. The molecule has 0 bridgehead atoms. The van der Waals surface area contributed by atoms with Crippen molar-refractivity contribution in [2.75, 3.05) is 0 Å². The molecule has 0 aliphatic heterocycles. The molecule has 4 heteroatoms. The molecule has 49 heavy (non-hydrogen) atoms. The van der Waals surface area contributed by atoms with Gasteiger partial charge in [-0.2, -0.15) is 0 Å². The van der Waals surface area contributed by atoms with Crippen LogP contribution in [-0.4, -0.2) is 18.0 Å². The maximum Gasteiger partial charge on any atom is 0.160 e. The Hall–Kier alpha value is -5.42. The molecule has 6 aromatic carbocycles. The number of hydrogen-bond acceptors (Lipinski definition) is 3. The summed E-state index contributed by atoms with van der Waals surface area (Å²) in [5.41, 5.74) is 11.2. The predicted octanol–water partition coefficient (Wildman–Crippen LogP) is 12.2. The van der Waals surface area contributed by atoms with Crippen LogP contribution < -0.4 is 5.19 Å². The summed E-state index contributed by atoms with van der Waals surface area (Å²) < 4.78 is 1.31. The first-order chi connectivity index (χ1) is 23.9. The summed E-state index contributed by atoms with van der Waals surface area (Å²) in [5, 5.41) is 2.77. The van der Waals surface area contributed by atoms with Crippen LogP contribution in [0.2, 0.25) is 19.6 Å². The number of thiophene rings is 1. The number of benzene rings is 6. The monoisotopic (exact) mass is 664 g/mol. The largest absolute Gasteiger partial charge is 0.228 e. The van der Waals surface area contributed by atoms with Crippen LogP contribution in [0.4, 0.5) is 0 Å². The molecule has 2 heterocycles. The van der Waals surface area contributed by atoms with Gasteiger partial charge in [0.2, 0.25) is 0 Å². The minimum absolute atomic E-state index is 0.722. The molecular formula is C45H36N2SSi. The summed E-state index contributed by atoms with van der Waals surface area (Å²) in [6.07, 6.45) is 0. The molecule has 0 fully saturated rings. The van der Waals surface area contributed by atoms with Crippen molar-refractivity contribution in [2.24, 2.45) is 0 Å². The van der Waals surface area contributed by atoms with Crippen molar-refractivity contribution in [1.29, 1.82) is 0 Å². The Morgan fingerprint density at radius 2 is 1.00 bits per heavy atom. The standard InChI is InChI=1S/C45H36N2SSi/c1-49(2,3)44-19-10-8-17-39(44)37-16-11-15-36(28-37)31-20-22-32(23-21-31)40-30-41(47-45(46-40)35-12-5-4-6-13-35)33-24-26-34(27-25-33)43-29-38-14-7-9-18-42(38)48-43/h4-30H,1-3H3. The lowest BCUT2D eigenvalue weighted by Gasteiger charge is -2.21. The van der Waals surface area contributed by atoms with Gasteiger partial charge in [-0.1, -0.05) is 164 Å².